The Hall–Kier alpha value is -7.68. The molecule has 0 N–H and O–H groups in total. The fraction of sp³-hybridized carbons (Fsp3) is 0. The molecule has 0 spiro atoms. The van der Waals surface area contributed by atoms with Crippen molar-refractivity contribution in [1.82, 2.24) is 0 Å². The average Bonchev–Trinajstić information content (AvgIpc) is 3.68. The van der Waals surface area contributed by atoms with Gasteiger partial charge < -0.3 is 9.32 Å². The Morgan fingerprint density at radius 1 is 0.293 bits per heavy atom. The third-order valence-electron chi connectivity index (χ3n) is 11.5. The summed E-state index contributed by atoms with van der Waals surface area (Å²) >= 11 is 0. The molecular formula is C56H37NO. The van der Waals surface area contributed by atoms with Crippen molar-refractivity contribution in [2.75, 3.05) is 4.90 Å². The number of fused-ring (bicyclic) bond motifs is 6. The highest BCUT2D eigenvalue weighted by atomic mass is 16.3. The monoisotopic (exact) mass is 739 g/mol. The summed E-state index contributed by atoms with van der Waals surface area (Å²) in [5.41, 5.74) is 14.4. The van der Waals surface area contributed by atoms with Crippen LogP contribution in [-0.4, -0.2) is 0 Å². The van der Waals surface area contributed by atoms with Crippen LogP contribution in [0.25, 0.3) is 88.0 Å². The van der Waals surface area contributed by atoms with Gasteiger partial charge in [0.25, 0.3) is 0 Å². The van der Waals surface area contributed by atoms with E-state index in [-0.39, 0.29) is 0 Å². The Bertz CT molecular complexity index is 3250. The van der Waals surface area contributed by atoms with Crippen LogP contribution in [0.1, 0.15) is 0 Å². The predicted molar refractivity (Wildman–Crippen MR) is 245 cm³/mol. The first-order valence-corrected chi connectivity index (χ1v) is 19.8. The summed E-state index contributed by atoms with van der Waals surface area (Å²) in [7, 11) is 0. The third-order valence-corrected chi connectivity index (χ3v) is 11.5. The second-order valence-electron chi connectivity index (χ2n) is 14.9. The van der Waals surface area contributed by atoms with Gasteiger partial charge in [-0.1, -0.05) is 176 Å². The van der Waals surface area contributed by atoms with Crippen LogP contribution >= 0.6 is 0 Å². The zero-order chi connectivity index (χ0) is 38.4. The maximum Gasteiger partial charge on any atom is 0.143 e. The van der Waals surface area contributed by atoms with Crippen molar-refractivity contribution in [3.05, 3.63) is 224 Å². The number of anilines is 3. The van der Waals surface area contributed by atoms with Gasteiger partial charge in [0.05, 0.1) is 5.69 Å². The van der Waals surface area contributed by atoms with Crippen molar-refractivity contribution in [1.29, 1.82) is 0 Å². The van der Waals surface area contributed by atoms with Crippen LogP contribution in [0.2, 0.25) is 0 Å². The average molecular weight is 740 g/mol. The van der Waals surface area contributed by atoms with Gasteiger partial charge in [-0.25, -0.2) is 0 Å². The van der Waals surface area contributed by atoms with Gasteiger partial charge in [-0.15, -0.1) is 0 Å². The van der Waals surface area contributed by atoms with E-state index >= 15 is 0 Å². The molecule has 0 fully saturated rings. The number of nitrogens with zero attached hydrogens (tertiary/aromatic N) is 1. The van der Waals surface area contributed by atoms with Gasteiger partial charge in [-0.3, -0.25) is 0 Å². The van der Waals surface area contributed by atoms with Crippen molar-refractivity contribution in [3.63, 3.8) is 0 Å². The molecule has 0 unspecified atom stereocenters. The molecule has 0 aliphatic carbocycles. The first-order valence-electron chi connectivity index (χ1n) is 19.8. The molecule has 0 bridgehead atoms. The summed E-state index contributed by atoms with van der Waals surface area (Å²) in [5.74, 6) is 0. The van der Waals surface area contributed by atoms with Crippen LogP contribution in [0.3, 0.4) is 0 Å². The van der Waals surface area contributed by atoms with E-state index in [1.807, 2.05) is 6.07 Å². The number of hydrogen-bond acceptors (Lipinski definition) is 2. The van der Waals surface area contributed by atoms with Crippen LogP contribution in [0.15, 0.2) is 229 Å². The lowest BCUT2D eigenvalue weighted by Crippen LogP contribution is -2.11. The maximum absolute atomic E-state index is 6.49. The van der Waals surface area contributed by atoms with Gasteiger partial charge >= 0.3 is 0 Å². The molecule has 10 aromatic carbocycles. The van der Waals surface area contributed by atoms with E-state index in [2.05, 4.69) is 223 Å². The molecule has 1 heterocycles. The van der Waals surface area contributed by atoms with Crippen LogP contribution in [-0.2, 0) is 0 Å². The van der Waals surface area contributed by atoms with Crippen molar-refractivity contribution in [2.45, 2.75) is 0 Å². The standard InChI is InChI=1S/C56H37NO/c1-3-14-39(15-4-1)47-20-11-12-25-54(47)57(45-33-28-41(29-34-45)52-37-43-18-7-8-19-46(43)49-21-9-10-22-50(49)52)44-31-26-38(27-32-44)42-30-35-55-53(36-42)51-24-13-23-48(56(51)58-55)40-16-5-2-6-17-40/h1-37H. The highest BCUT2D eigenvalue weighted by Crippen LogP contribution is 2.43. The second-order valence-corrected chi connectivity index (χ2v) is 14.9. The highest BCUT2D eigenvalue weighted by molar-refractivity contribution is 6.14. The van der Waals surface area contributed by atoms with Crippen molar-refractivity contribution in [2.24, 2.45) is 0 Å². The second kappa shape index (κ2) is 14.1. The number of rotatable bonds is 7. The van der Waals surface area contributed by atoms with Gasteiger partial charge in [0.15, 0.2) is 0 Å². The van der Waals surface area contributed by atoms with Crippen molar-refractivity contribution >= 4 is 60.5 Å². The summed E-state index contributed by atoms with van der Waals surface area (Å²) in [5, 5.41) is 7.30. The maximum atomic E-state index is 6.49. The Balaban J connectivity index is 1.01. The molecule has 2 heteroatoms. The molecule has 0 saturated carbocycles. The Kier molecular flexibility index (Phi) is 8.19. The molecule has 0 amide bonds. The molecule has 0 atom stereocenters. The normalized spacial score (nSPS) is 11.4. The van der Waals surface area contributed by atoms with Crippen LogP contribution in [0, 0.1) is 0 Å². The summed E-state index contributed by atoms with van der Waals surface area (Å²) in [6, 6.07) is 80.6. The molecular weight excluding hydrogens is 703 g/mol. The number of furan rings is 1. The van der Waals surface area contributed by atoms with Crippen molar-refractivity contribution < 1.29 is 4.42 Å². The molecule has 11 aromatic rings. The van der Waals surface area contributed by atoms with E-state index in [1.54, 1.807) is 0 Å². The minimum absolute atomic E-state index is 0.891. The van der Waals surface area contributed by atoms with E-state index in [0.717, 1.165) is 61.3 Å². The fourth-order valence-electron chi connectivity index (χ4n) is 8.67. The molecule has 0 aliphatic heterocycles. The van der Waals surface area contributed by atoms with Crippen LogP contribution < -0.4 is 4.90 Å². The van der Waals surface area contributed by atoms with Gasteiger partial charge in [-0.2, -0.15) is 0 Å². The van der Waals surface area contributed by atoms with Crippen LogP contribution in [0.4, 0.5) is 17.1 Å². The minimum atomic E-state index is 0.891. The molecule has 0 aliphatic rings. The third kappa shape index (κ3) is 5.82. The van der Waals surface area contributed by atoms with E-state index in [4.69, 9.17) is 4.42 Å². The quantitative estimate of drug-likeness (QED) is 0.151. The summed E-state index contributed by atoms with van der Waals surface area (Å²) in [4.78, 5) is 2.38. The fourth-order valence-corrected chi connectivity index (χ4v) is 8.67. The SMILES string of the molecule is c1ccc(-c2ccccc2N(c2ccc(-c3ccc4oc5c(-c6ccccc6)cccc5c4c3)cc2)c2ccc(-c3cc4ccccc4c4ccccc34)cc2)cc1. The van der Waals surface area contributed by atoms with E-state index in [1.165, 1.54) is 43.8 Å². The Morgan fingerprint density at radius 3 is 1.57 bits per heavy atom. The van der Waals surface area contributed by atoms with Gasteiger partial charge in [-0.05, 0) is 103 Å². The number of para-hydroxylation sites is 2. The van der Waals surface area contributed by atoms with E-state index in [9.17, 15) is 0 Å². The molecule has 11 rings (SSSR count). The zero-order valence-corrected chi connectivity index (χ0v) is 31.7. The van der Waals surface area contributed by atoms with Gasteiger partial charge in [0, 0.05) is 33.3 Å². The first kappa shape index (κ1) is 33.6. The van der Waals surface area contributed by atoms with Gasteiger partial charge in [0.1, 0.15) is 11.2 Å². The van der Waals surface area contributed by atoms with E-state index in [0.29, 0.717) is 0 Å². The largest absolute Gasteiger partial charge is 0.455 e. The van der Waals surface area contributed by atoms with Crippen LogP contribution in [0.5, 0.6) is 0 Å². The number of benzene rings is 10. The Labute approximate surface area is 337 Å². The molecule has 58 heavy (non-hydrogen) atoms. The molecule has 1 aromatic heterocycles. The molecule has 0 saturated heterocycles. The molecule has 2 nitrogen and oxygen atoms in total. The highest BCUT2D eigenvalue weighted by Gasteiger charge is 2.19. The predicted octanol–water partition coefficient (Wildman–Crippen LogP) is 16.0. The minimum Gasteiger partial charge on any atom is -0.455 e. The molecule has 0 radical (unpaired) electrons. The lowest BCUT2D eigenvalue weighted by atomic mass is 9.93. The number of hydrogen-bond donors (Lipinski definition) is 0. The lowest BCUT2D eigenvalue weighted by molar-refractivity contribution is 0.670. The van der Waals surface area contributed by atoms with Crippen molar-refractivity contribution in [3.8, 4) is 44.5 Å². The lowest BCUT2D eigenvalue weighted by Gasteiger charge is -2.28. The molecule has 272 valence electrons. The van der Waals surface area contributed by atoms with Gasteiger partial charge in [0.2, 0.25) is 0 Å². The Morgan fingerprint density at radius 2 is 0.828 bits per heavy atom. The smallest absolute Gasteiger partial charge is 0.143 e. The topological polar surface area (TPSA) is 16.4 Å². The zero-order valence-electron chi connectivity index (χ0n) is 31.7. The summed E-state index contributed by atoms with van der Waals surface area (Å²) < 4.78 is 6.49. The summed E-state index contributed by atoms with van der Waals surface area (Å²) in [6.45, 7) is 0. The summed E-state index contributed by atoms with van der Waals surface area (Å²) in [6.07, 6.45) is 0. The van der Waals surface area contributed by atoms with E-state index < -0.39 is 0 Å². The first-order chi connectivity index (χ1) is 28.8.